The number of carbonyl (C=O) groups excluding carboxylic acids is 1. The van der Waals surface area contributed by atoms with Crippen LogP contribution in [0.1, 0.15) is 26.7 Å². The summed E-state index contributed by atoms with van der Waals surface area (Å²) >= 11 is 0. The van der Waals surface area contributed by atoms with Gasteiger partial charge in [0.1, 0.15) is 12.4 Å². The van der Waals surface area contributed by atoms with Crippen molar-refractivity contribution < 1.29 is 27.7 Å². The average Bonchev–Trinajstić information content (AvgIpc) is 2.69. The van der Waals surface area contributed by atoms with E-state index in [0.29, 0.717) is 31.7 Å². The summed E-state index contributed by atoms with van der Waals surface area (Å²) in [5.74, 6) is 5.20. The molecule has 0 aromatic heterocycles. The molecule has 0 atom stereocenters. The van der Waals surface area contributed by atoms with Gasteiger partial charge in [0.15, 0.2) is 9.84 Å². The van der Waals surface area contributed by atoms with Crippen LogP contribution in [-0.4, -0.2) is 63.3 Å². The summed E-state index contributed by atoms with van der Waals surface area (Å²) in [5.41, 5.74) is -1.12. The number of nitrogens with zero attached hydrogens (tertiary/aromatic N) is 1. The van der Waals surface area contributed by atoms with Crippen LogP contribution in [0.3, 0.4) is 0 Å². The molecule has 1 fully saturated rings. The summed E-state index contributed by atoms with van der Waals surface area (Å²) in [4.78, 5) is 14.7. The molecule has 0 bridgehead atoms. The van der Waals surface area contributed by atoms with Crippen molar-refractivity contribution in [3.63, 3.8) is 0 Å². The molecule has 1 saturated heterocycles. The Hall–Kier alpha value is -2.02. The molecular formula is C20H28BNO6S. The summed E-state index contributed by atoms with van der Waals surface area (Å²) in [5, 5.41) is 9.77. The van der Waals surface area contributed by atoms with Crippen molar-refractivity contribution in [3.8, 4) is 17.6 Å². The third-order valence-electron chi connectivity index (χ3n) is 5.13. The SMILES string of the molecule is CC#CCOc1ccc(S(=O)(=O)CC2(C(=O)OCC)CCN(B(C)O)CC2)cc1. The van der Waals surface area contributed by atoms with Crippen molar-refractivity contribution in [3.05, 3.63) is 24.3 Å². The van der Waals surface area contributed by atoms with Crippen LogP contribution in [0.2, 0.25) is 6.82 Å². The quantitative estimate of drug-likeness (QED) is 0.387. The summed E-state index contributed by atoms with van der Waals surface area (Å²) in [6.07, 6.45) is 0.625. The fourth-order valence-corrected chi connectivity index (χ4v) is 5.25. The van der Waals surface area contributed by atoms with Gasteiger partial charge in [0.2, 0.25) is 0 Å². The molecule has 7 nitrogen and oxygen atoms in total. The maximum absolute atomic E-state index is 13.1. The number of sulfone groups is 1. The van der Waals surface area contributed by atoms with Crippen LogP contribution in [0.25, 0.3) is 0 Å². The van der Waals surface area contributed by atoms with E-state index in [0.717, 1.165) is 0 Å². The number of hydrogen-bond acceptors (Lipinski definition) is 7. The van der Waals surface area contributed by atoms with E-state index in [1.165, 1.54) is 12.1 Å². The molecule has 1 aliphatic heterocycles. The van der Waals surface area contributed by atoms with Crippen LogP contribution < -0.4 is 4.74 Å². The van der Waals surface area contributed by atoms with Gasteiger partial charge >= 0.3 is 13.0 Å². The Morgan fingerprint density at radius 3 is 2.41 bits per heavy atom. The van der Waals surface area contributed by atoms with E-state index in [4.69, 9.17) is 9.47 Å². The van der Waals surface area contributed by atoms with Crippen LogP contribution in [0.4, 0.5) is 0 Å². The highest BCUT2D eigenvalue weighted by Gasteiger charge is 2.47. The van der Waals surface area contributed by atoms with E-state index in [1.807, 2.05) is 4.81 Å². The molecule has 0 unspecified atom stereocenters. The third kappa shape index (κ3) is 5.98. The van der Waals surface area contributed by atoms with Crippen LogP contribution in [0.5, 0.6) is 5.75 Å². The molecule has 158 valence electrons. The third-order valence-corrected chi connectivity index (χ3v) is 7.05. The zero-order valence-electron chi connectivity index (χ0n) is 17.2. The van der Waals surface area contributed by atoms with Gasteiger partial charge in [0, 0.05) is 0 Å². The molecule has 1 N–H and O–H groups in total. The summed E-state index contributed by atoms with van der Waals surface area (Å²) in [7, 11) is -4.37. The second-order valence-corrected chi connectivity index (χ2v) is 9.10. The normalized spacial score (nSPS) is 16.4. The first-order valence-corrected chi connectivity index (χ1v) is 11.3. The summed E-state index contributed by atoms with van der Waals surface area (Å²) in [6, 6.07) is 6.12. The standard InChI is InChI=1S/C20H28BNO6S/c1-4-6-15-28-17-7-9-18(10-8-17)29(25,26)16-20(19(23)27-5-2)11-13-22(14-12-20)21(3)24/h7-10,24H,5,11-16H2,1-3H3. The topological polar surface area (TPSA) is 93.1 Å². The van der Waals surface area contributed by atoms with Crippen LogP contribution in [0.15, 0.2) is 29.2 Å². The molecule has 0 saturated carbocycles. The van der Waals surface area contributed by atoms with E-state index in [1.54, 1.807) is 32.8 Å². The number of rotatable bonds is 8. The molecule has 2 rings (SSSR count). The summed E-state index contributed by atoms with van der Waals surface area (Å²) < 4.78 is 36.8. The second-order valence-electron chi connectivity index (χ2n) is 7.11. The van der Waals surface area contributed by atoms with Gasteiger partial charge in [0.05, 0.1) is 22.7 Å². The molecule has 1 aliphatic rings. The largest absolute Gasteiger partial charge is 0.481 e. The molecular weight excluding hydrogens is 393 g/mol. The number of piperidine rings is 1. The van der Waals surface area contributed by atoms with Crippen molar-refractivity contribution in [1.82, 2.24) is 4.81 Å². The number of carbonyl (C=O) groups is 1. The number of hydrogen-bond donors (Lipinski definition) is 1. The Balaban J connectivity index is 2.20. The Kier molecular flexibility index (Phi) is 8.14. The van der Waals surface area contributed by atoms with Gasteiger partial charge in [-0.1, -0.05) is 5.92 Å². The molecule has 29 heavy (non-hydrogen) atoms. The highest BCUT2D eigenvalue weighted by atomic mass is 32.2. The lowest BCUT2D eigenvalue weighted by atomic mass is 9.74. The lowest BCUT2D eigenvalue weighted by Crippen LogP contribution is -2.52. The number of esters is 1. The van der Waals surface area contributed by atoms with Gasteiger partial charge in [-0.15, -0.1) is 5.92 Å². The van der Waals surface area contributed by atoms with Crippen molar-refractivity contribution in [1.29, 1.82) is 0 Å². The van der Waals surface area contributed by atoms with E-state index in [9.17, 15) is 18.2 Å². The fourth-order valence-electron chi connectivity index (χ4n) is 3.40. The lowest BCUT2D eigenvalue weighted by molar-refractivity contribution is -0.156. The van der Waals surface area contributed by atoms with Gasteiger partial charge in [-0.05, 0) is 70.9 Å². The van der Waals surface area contributed by atoms with E-state index in [-0.39, 0.29) is 23.9 Å². The number of ether oxygens (including phenoxy) is 2. The maximum atomic E-state index is 13.1. The Bertz CT molecular complexity index is 849. The van der Waals surface area contributed by atoms with Gasteiger partial charge in [-0.3, -0.25) is 4.79 Å². The minimum absolute atomic E-state index is 0.132. The van der Waals surface area contributed by atoms with Crippen molar-refractivity contribution in [2.75, 3.05) is 32.1 Å². The molecule has 0 radical (unpaired) electrons. The molecule has 1 heterocycles. The molecule has 0 amide bonds. The molecule has 9 heteroatoms. The Morgan fingerprint density at radius 1 is 1.28 bits per heavy atom. The molecule has 0 aliphatic carbocycles. The smallest absolute Gasteiger partial charge is 0.376 e. The van der Waals surface area contributed by atoms with Crippen LogP contribution in [-0.2, 0) is 19.4 Å². The molecule has 0 spiro atoms. The first-order valence-electron chi connectivity index (χ1n) is 9.68. The van der Waals surface area contributed by atoms with E-state index >= 15 is 0 Å². The zero-order valence-corrected chi connectivity index (χ0v) is 18.0. The Morgan fingerprint density at radius 2 is 1.90 bits per heavy atom. The fraction of sp³-hybridized carbons (Fsp3) is 0.550. The van der Waals surface area contributed by atoms with Crippen LogP contribution in [0, 0.1) is 17.3 Å². The van der Waals surface area contributed by atoms with Crippen LogP contribution >= 0.6 is 0 Å². The second kappa shape index (κ2) is 10.1. The highest BCUT2D eigenvalue weighted by molar-refractivity contribution is 7.91. The maximum Gasteiger partial charge on any atom is 0.376 e. The zero-order chi connectivity index (χ0) is 21.5. The van der Waals surface area contributed by atoms with Crippen molar-refractivity contribution in [2.24, 2.45) is 5.41 Å². The van der Waals surface area contributed by atoms with E-state index in [2.05, 4.69) is 11.8 Å². The monoisotopic (exact) mass is 421 g/mol. The minimum Gasteiger partial charge on any atom is -0.481 e. The lowest BCUT2D eigenvalue weighted by Gasteiger charge is -2.40. The average molecular weight is 421 g/mol. The first-order chi connectivity index (χ1) is 13.7. The number of benzene rings is 1. The highest BCUT2D eigenvalue weighted by Crippen LogP contribution is 2.36. The Labute approximate surface area is 173 Å². The predicted molar refractivity (Wildman–Crippen MR) is 111 cm³/mol. The molecule has 1 aromatic rings. The van der Waals surface area contributed by atoms with Crippen molar-refractivity contribution >= 4 is 22.9 Å². The minimum atomic E-state index is -3.73. The predicted octanol–water partition coefficient (Wildman–Crippen LogP) is 1.62. The van der Waals surface area contributed by atoms with E-state index < -0.39 is 28.3 Å². The van der Waals surface area contributed by atoms with Gasteiger partial charge in [-0.25, -0.2) is 8.42 Å². The molecule has 1 aromatic carbocycles. The van der Waals surface area contributed by atoms with Gasteiger partial charge < -0.3 is 19.3 Å². The van der Waals surface area contributed by atoms with Gasteiger partial charge in [0.25, 0.3) is 0 Å². The summed E-state index contributed by atoms with van der Waals surface area (Å²) in [6.45, 7) is 6.34. The van der Waals surface area contributed by atoms with Gasteiger partial charge in [-0.2, -0.15) is 0 Å². The van der Waals surface area contributed by atoms with Crippen molar-refractivity contribution in [2.45, 2.75) is 38.4 Å². The first kappa shape index (κ1) is 23.3.